The van der Waals surface area contributed by atoms with Gasteiger partial charge in [-0.25, -0.2) is 0 Å². The van der Waals surface area contributed by atoms with Crippen LogP contribution in [0.5, 0.6) is 0 Å². The fourth-order valence-corrected chi connectivity index (χ4v) is 3.02. The van der Waals surface area contributed by atoms with Gasteiger partial charge in [-0.05, 0) is 25.1 Å². The molecule has 0 bridgehead atoms. The number of aliphatic carboxylic acids is 1. The number of hydrogen-bond acceptors (Lipinski definition) is 3. The van der Waals surface area contributed by atoms with Crippen LogP contribution in [-0.2, 0) is 9.59 Å². The lowest BCUT2D eigenvalue weighted by Crippen LogP contribution is -2.42. The van der Waals surface area contributed by atoms with Gasteiger partial charge in [0.05, 0.1) is 10.9 Å². The standard InChI is InChI=1S/C11H10ClNO3S/c1-6-11(16)13(5-10(14)15)8-3-2-7(12)4-9(8)17-6/h2-4,6H,5H2,1H3,(H,14,15). The summed E-state index contributed by atoms with van der Waals surface area (Å²) in [6.45, 7) is 1.43. The summed E-state index contributed by atoms with van der Waals surface area (Å²) in [6.07, 6.45) is 0. The highest BCUT2D eigenvalue weighted by atomic mass is 35.5. The van der Waals surface area contributed by atoms with Crippen molar-refractivity contribution in [2.75, 3.05) is 11.4 Å². The van der Waals surface area contributed by atoms with E-state index >= 15 is 0 Å². The monoisotopic (exact) mass is 271 g/mol. The number of thioether (sulfide) groups is 1. The molecule has 1 aliphatic heterocycles. The zero-order chi connectivity index (χ0) is 12.6. The predicted octanol–water partition coefficient (Wildman–Crippen LogP) is 2.25. The van der Waals surface area contributed by atoms with Crippen LogP contribution in [0.4, 0.5) is 5.69 Å². The van der Waals surface area contributed by atoms with E-state index in [1.807, 2.05) is 0 Å². The van der Waals surface area contributed by atoms with Crippen molar-refractivity contribution in [1.82, 2.24) is 0 Å². The summed E-state index contributed by atoms with van der Waals surface area (Å²) in [5.41, 5.74) is 0.616. The molecule has 0 saturated carbocycles. The Morgan fingerprint density at radius 2 is 2.29 bits per heavy atom. The van der Waals surface area contributed by atoms with Crippen LogP contribution in [0, 0.1) is 0 Å². The topological polar surface area (TPSA) is 57.6 Å². The molecule has 0 aliphatic carbocycles. The van der Waals surface area contributed by atoms with E-state index in [0.29, 0.717) is 10.7 Å². The van der Waals surface area contributed by atoms with Crippen molar-refractivity contribution in [1.29, 1.82) is 0 Å². The molecule has 1 aromatic rings. The largest absolute Gasteiger partial charge is 0.480 e. The Morgan fingerprint density at radius 3 is 2.94 bits per heavy atom. The highest BCUT2D eigenvalue weighted by molar-refractivity contribution is 8.01. The van der Waals surface area contributed by atoms with Crippen LogP contribution in [0.1, 0.15) is 6.92 Å². The molecule has 0 fully saturated rings. The third-order valence-corrected chi connectivity index (χ3v) is 3.79. The van der Waals surface area contributed by atoms with E-state index in [-0.39, 0.29) is 17.7 Å². The number of carboxylic acid groups (broad SMARTS) is 1. The molecule has 1 amide bonds. The fourth-order valence-electron chi connectivity index (χ4n) is 1.68. The summed E-state index contributed by atoms with van der Waals surface area (Å²) in [5, 5.41) is 9.11. The SMILES string of the molecule is CC1Sc2cc(Cl)ccc2N(CC(=O)O)C1=O. The molecule has 4 nitrogen and oxygen atoms in total. The zero-order valence-electron chi connectivity index (χ0n) is 9.01. The van der Waals surface area contributed by atoms with E-state index in [1.54, 1.807) is 25.1 Å². The van der Waals surface area contributed by atoms with Crippen LogP contribution >= 0.6 is 23.4 Å². The molecule has 1 heterocycles. The van der Waals surface area contributed by atoms with Gasteiger partial charge >= 0.3 is 5.97 Å². The average Bonchev–Trinajstić information content (AvgIpc) is 2.24. The maximum Gasteiger partial charge on any atom is 0.323 e. The van der Waals surface area contributed by atoms with Crippen molar-refractivity contribution in [3.05, 3.63) is 23.2 Å². The summed E-state index contributed by atoms with van der Waals surface area (Å²) in [7, 11) is 0. The maximum absolute atomic E-state index is 11.9. The minimum atomic E-state index is -1.03. The van der Waals surface area contributed by atoms with Crippen molar-refractivity contribution in [2.45, 2.75) is 17.1 Å². The van der Waals surface area contributed by atoms with E-state index in [9.17, 15) is 9.59 Å². The molecule has 2 rings (SSSR count). The van der Waals surface area contributed by atoms with Crippen LogP contribution in [0.2, 0.25) is 5.02 Å². The van der Waals surface area contributed by atoms with Crippen molar-refractivity contribution >= 4 is 40.9 Å². The van der Waals surface area contributed by atoms with Crippen molar-refractivity contribution in [3.8, 4) is 0 Å². The van der Waals surface area contributed by atoms with Crippen LogP contribution < -0.4 is 4.90 Å². The highest BCUT2D eigenvalue weighted by Gasteiger charge is 2.31. The Morgan fingerprint density at radius 1 is 1.59 bits per heavy atom. The first-order chi connectivity index (χ1) is 7.99. The summed E-state index contributed by atoms with van der Waals surface area (Å²) in [4.78, 5) is 24.8. The van der Waals surface area contributed by atoms with E-state index in [0.717, 1.165) is 4.90 Å². The lowest BCUT2D eigenvalue weighted by Gasteiger charge is -2.31. The lowest BCUT2D eigenvalue weighted by atomic mass is 10.2. The fraction of sp³-hybridized carbons (Fsp3) is 0.273. The second-order valence-electron chi connectivity index (χ2n) is 3.69. The van der Waals surface area contributed by atoms with Gasteiger partial charge in [0, 0.05) is 9.92 Å². The summed E-state index contributed by atoms with van der Waals surface area (Å²) >= 11 is 7.28. The first-order valence-electron chi connectivity index (χ1n) is 4.98. The van der Waals surface area contributed by atoms with Gasteiger partial charge in [0.15, 0.2) is 0 Å². The van der Waals surface area contributed by atoms with Gasteiger partial charge in [0.1, 0.15) is 6.54 Å². The molecule has 0 saturated heterocycles. The molecule has 6 heteroatoms. The first-order valence-corrected chi connectivity index (χ1v) is 6.24. The van der Waals surface area contributed by atoms with Crippen LogP contribution in [0.15, 0.2) is 23.1 Å². The Kier molecular flexibility index (Phi) is 3.31. The van der Waals surface area contributed by atoms with Gasteiger partial charge in [0.25, 0.3) is 0 Å². The number of anilines is 1. The third kappa shape index (κ3) is 2.40. The zero-order valence-corrected chi connectivity index (χ0v) is 10.6. The lowest BCUT2D eigenvalue weighted by molar-refractivity contribution is -0.136. The van der Waals surface area contributed by atoms with E-state index in [1.165, 1.54) is 16.7 Å². The third-order valence-electron chi connectivity index (χ3n) is 2.42. The molecule has 17 heavy (non-hydrogen) atoms. The van der Waals surface area contributed by atoms with Crippen LogP contribution in [-0.4, -0.2) is 28.8 Å². The van der Waals surface area contributed by atoms with Crippen LogP contribution in [0.3, 0.4) is 0 Å². The van der Waals surface area contributed by atoms with Gasteiger partial charge < -0.3 is 5.11 Å². The predicted molar refractivity (Wildman–Crippen MR) is 66.8 cm³/mol. The number of halogens is 1. The van der Waals surface area contributed by atoms with Gasteiger partial charge in [0.2, 0.25) is 5.91 Å². The van der Waals surface area contributed by atoms with Gasteiger partial charge in [-0.2, -0.15) is 0 Å². The molecule has 90 valence electrons. The molecule has 1 aliphatic rings. The second-order valence-corrected chi connectivity index (χ2v) is 5.51. The minimum Gasteiger partial charge on any atom is -0.480 e. The maximum atomic E-state index is 11.9. The normalized spacial score (nSPS) is 19.1. The molecular weight excluding hydrogens is 262 g/mol. The number of carbonyl (C=O) groups is 2. The number of fused-ring (bicyclic) bond motifs is 1. The molecule has 1 aromatic carbocycles. The number of rotatable bonds is 2. The second kappa shape index (κ2) is 4.58. The number of amides is 1. The molecular formula is C11H10ClNO3S. The molecule has 1 N–H and O–H groups in total. The van der Waals surface area contributed by atoms with Crippen molar-refractivity contribution in [3.63, 3.8) is 0 Å². The van der Waals surface area contributed by atoms with Gasteiger partial charge in [-0.3, -0.25) is 14.5 Å². The molecule has 1 unspecified atom stereocenters. The van der Waals surface area contributed by atoms with Crippen molar-refractivity contribution < 1.29 is 14.7 Å². The van der Waals surface area contributed by atoms with E-state index in [4.69, 9.17) is 16.7 Å². The molecule has 0 spiro atoms. The molecule has 0 aromatic heterocycles. The summed E-state index contributed by atoms with van der Waals surface area (Å²) in [5.74, 6) is -1.22. The van der Waals surface area contributed by atoms with E-state index in [2.05, 4.69) is 0 Å². The molecule has 0 radical (unpaired) electrons. The Bertz CT molecular complexity index is 492. The molecule has 1 atom stereocenters. The first kappa shape index (κ1) is 12.3. The van der Waals surface area contributed by atoms with Gasteiger partial charge in [-0.15, -0.1) is 11.8 Å². The number of nitrogens with zero attached hydrogens (tertiary/aromatic N) is 1. The average molecular weight is 272 g/mol. The number of hydrogen-bond donors (Lipinski definition) is 1. The Balaban J connectivity index is 2.45. The number of benzene rings is 1. The highest BCUT2D eigenvalue weighted by Crippen LogP contribution is 2.40. The van der Waals surface area contributed by atoms with Crippen molar-refractivity contribution in [2.24, 2.45) is 0 Å². The summed E-state index contributed by atoms with van der Waals surface area (Å²) < 4.78 is 0. The van der Waals surface area contributed by atoms with Gasteiger partial charge in [-0.1, -0.05) is 11.6 Å². The summed E-state index contributed by atoms with van der Waals surface area (Å²) in [6, 6.07) is 5.08. The Labute approximate surface area is 108 Å². The number of carbonyl (C=O) groups excluding carboxylic acids is 1. The quantitative estimate of drug-likeness (QED) is 0.896. The smallest absolute Gasteiger partial charge is 0.323 e. The van der Waals surface area contributed by atoms with Crippen LogP contribution in [0.25, 0.3) is 0 Å². The Hall–Kier alpha value is -1.20. The van der Waals surface area contributed by atoms with E-state index < -0.39 is 5.97 Å². The number of carboxylic acids is 1. The minimum absolute atomic E-state index is 0.188.